The minimum Gasteiger partial charge on any atom is -0.487 e. The molecule has 0 saturated carbocycles. The minimum atomic E-state index is -0.671. The second-order valence-corrected chi connectivity index (χ2v) is 10.8. The number of anilines is 2. The first-order valence-electron chi connectivity index (χ1n) is 13.7. The zero-order chi connectivity index (χ0) is 28.6. The van der Waals surface area contributed by atoms with Gasteiger partial charge in [-0.25, -0.2) is 14.4 Å². The van der Waals surface area contributed by atoms with Gasteiger partial charge in [0.1, 0.15) is 18.2 Å². The van der Waals surface area contributed by atoms with Gasteiger partial charge in [0.2, 0.25) is 5.91 Å². The predicted molar refractivity (Wildman–Crippen MR) is 159 cm³/mol. The van der Waals surface area contributed by atoms with E-state index in [9.17, 15) is 9.18 Å². The highest BCUT2D eigenvalue weighted by atomic mass is 35.5. The van der Waals surface area contributed by atoms with Crippen molar-refractivity contribution in [3.8, 4) is 11.5 Å². The fourth-order valence-corrected chi connectivity index (χ4v) is 5.05. The van der Waals surface area contributed by atoms with Crippen molar-refractivity contribution in [3.05, 3.63) is 59.1 Å². The van der Waals surface area contributed by atoms with E-state index in [0.29, 0.717) is 54.2 Å². The van der Waals surface area contributed by atoms with Crippen LogP contribution in [0.1, 0.15) is 58.8 Å². The van der Waals surface area contributed by atoms with Crippen molar-refractivity contribution < 1.29 is 18.7 Å². The summed E-state index contributed by atoms with van der Waals surface area (Å²) in [4.78, 5) is 22.6. The van der Waals surface area contributed by atoms with Crippen molar-refractivity contribution in [3.63, 3.8) is 0 Å². The van der Waals surface area contributed by atoms with Crippen LogP contribution < -0.4 is 14.8 Å². The zero-order valence-corrected chi connectivity index (χ0v) is 24.4. The van der Waals surface area contributed by atoms with E-state index in [2.05, 4.69) is 35.7 Å². The van der Waals surface area contributed by atoms with Crippen LogP contribution in [0.25, 0.3) is 10.9 Å². The van der Waals surface area contributed by atoms with Gasteiger partial charge >= 0.3 is 0 Å². The molecule has 4 rings (SSSR count). The molecule has 0 radical (unpaired) electrons. The molecule has 1 N–H and O–H groups in total. The number of amides is 1. The van der Waals surface area contributed by atoms with Crippen molar-refractivity contribution in [1.29, 1.82) is 0 Å². The SMILES string of the molecule is C=CC(=O)N1CCC(Oc2cc3c(Nc4ccc(Cl)c(Cl)c4F)ncnc3cc2O[C@H](C)CCCCCC)CC1. The summed E-state index contributed by atoms with van der Waals surface area (Å²) < 4.78 is 27.7. The van der Waals surface area contributed by atoms with E-state index in [0.717, 1.165) is 12.8 Å². The molecule has 2 aromatic carbocycles. The number of nitrogens with one attached hydrogen (secondary N) is 1. The summed E-state index contributed by atoms with van der Waals surface area (Å²) in [6.45, 7) is 8.99. The van der Waals surface area contributed by atoms with E-state index in [1.807, 2.05) is 12.1 Å². The van der Waals surface area contributed by atoms with Gasteiger partial charge in [0.05, 0.1) is 27.4 Å². The van der Waals surface area contributed by atoms with Crippen molar-refractivity contribution >= 4 is 51.5 Å². The topological polar surface area (TPSA) is 76.6 Å². The third-order valence-electron chi connectivity index (χ3n) is 7.00. The van der Waals surface area contributed by atoms with Gasteiger partial charge in [0.15, 0.2) is 17.3 Å². The van der Waals surface area contributed by atoms with Gasteiger partial charge in [-0.1, -0.05) is 56.0 Å². The molecule has 0 aliphatic carbocycles. The average molecular weight is 590 g/mol. The van der Waals surface area contributed by atoms with Crippen LogP contribution in [0, 0.1) is 5.82 Å². The number of aromatic nitrogens is 2. The number of halogens is 3. The minimum absolute atomic E-state index is 0.0199. The molecule has 3 aromatic rings. The van der Waals surface area contributed by atoms with Gasteiger partial charge in [-0.2, -0.15) is 0 Å². The Bertz CT molecular complexity index is 1350. The third kappa shape index (κ3) is 7.34. The lowest BCUT2D eigenvalue weighted by Gasteiger charge is -2.32. The molecule has 1 aromatic heterocycles. The van der Waals surface area contributed by atoms with Crippen LogP contribution in [0.5, 0.6) is 11.5 Å². The Morgan fingerprint density at radius 1 is 1.20 bits per heavy atom. The van der Waals surface area contributed by atoms with Gasteiger partial charge in [0, 0.05) is 37.4 Å². The molecule has 214 valence electrons. The van der Waals surface area contributed by atoms with Crippen LogP contribution in [0.15, 0.2) is 43.2 Å². The number of hydrogen-bond acceptors (Lipinski definition) is 6. The smallest absolute Gasteiger partial charge is 0.245 e. The molecule has 1 fully saturated rings. The molecule has 0 bridgehead atoms. The maximum Gasteiger partial charge on any atom is 0.245 e. The number of ether oxygens (including phenoxy) is 2. The summed E-state index contributed by atoms with van der Waals surface area (Å²) in [6.07, 6.45) is 9.52. The lowest BCUT2D eigenvalue weighted by molar-refractivity contribution is -0.127. The third-order valence-corrected chi connectivity index (χ3v) is 7.78. The first-order valence-corrected chi connectivity index (χ1v) is 14.5. The molecule has 1 aliphatic rings. The van der Waals surface area contributed by atoms with Crippen molar-refractivity contribution in [2.45, 2.75) is 71.0 Å². The maximum absolute atomic E-state index is 14.8. The van der Waals surface area contributed by atoms with Gasteiger partial charge in [-0.15, -0.1) is 0 Å². The molecule has 0 unspecified atom stereocenters. The number of carbonyl (C=O) groups excluding carboxylic acids is 1. The highest BCUT2D eigenvalue weighted by Crippen LogP contribution is 2.38. The Balaban J connectivity index is 1.63. The Kier molecular flexibility index (Phi) is 10.5. The van der Waals surface area contributed by atoms with Crippen LogP contribution in [0.3, 0.4) is 0 Å². The molecule has 40 heavy (non-hydrogen) atoms. The number of rotatable bonds is 12. The second-order valence-electron chi connectivity index (χ2n) is 10.0. The Labute approximate surface area is 244 Å². The van der Waals surface area contributed by atoms with Gasteiger partial charge in [-0.05, 0) is 44.0 Å². The molecule has 1 atom stereocenters. The van der Waals surface area contributed by atoms with E-state index >= 15 is 0 Å². The van der Waals surface area contributed by atoms with Gasteiger partial charge in [0.25, 0.3) is 0 Å². The van der Waals surface area contributed by atoms with Crippen LogP contribution in [-0.2, 0) is 4.79 Å². The Hall–Kier alpha value is -3.10. The standard InChI is InChI=1S/C30H35Cl2FN4O3/c1-4-6-7-8-9-19(3)39-26-17-24-21(16-25(26)40-20-12-14-37(15-13-20)27(38)5-2)30(35-18-34-24)36-23-11-10-22(31)28(32)29(23)33/h5,10-11,16-20H,2,4,6-9,12-15H2,1,3H3,(H,34,35,36)/t19-/m1/s1. The highest BCUT2D eigenvalue weighted by molar-refractivity contribution is 6.42. The van der Waals surface area contributed by atoms with Crippen LogP contribution in [0.4, 0.5) is 15.9 Å². The second kappa shape index (κ2) is 14.0. The summed E-state index contributed by atoms with van der Waals surface area (Å²) in [5.74, 6) is 0.777. The van der Waals surface area contributed by atoms with E-state index < -0.39 is 5.82 Å². The summed E-state index contributed by atoms with van der Waals surface area (Å²) in [7, 11) is 0. The van der Waals surface area contributed by atoms with E-state index in [1.165, 1.54) is 43.8 Å². The molecule has 0 spiro atoms. The zero-order valence-electron chi connectivity index (χ0n) is 22.9. The van der Waals surface area contributed by atoms with Crippen LogP contribution >= 0.6 is 23.2 Å². The Morgan fingerprint density at radius 3 is 2.70 bits per heavy atom. The first kappa shape index (κ1) is 29.9. The number of fused-ring (bicyclic) bond motifs is 1. The van der Waals surface area contributed by atoms with Gasteiger partial charge < -0.3 is 19.7 Å². The molecule has 2 heterocycles. The van der Waals surface area contributed by atoms with Gasteiger partial charge in [-0.3, -0.25) is 4.79 Å². The Morgan fingerprint density at radius 2 is 1.98 bits per heavy atom. The van der Waals surface area contributed by atoms with Crippen molar-refractivity contribution in [2.24, 2.45) is 0 Å². The van der Waals surface area contributed by atoms with Crippen molar-refractivity contribution in [2.75, 3.05) is 18.4 Å². The number of piperidine rings is 1. The van der Waals surface area contributed by atoms with Crippen molar-refractivity contribution in [1.82, 2.24) is 14.9 Å². The van der Waals surface area contributed by atoms with E-state index in [-0.39, 0.29) is 33.8 Å². The lowest BCUT2D eigenvalue weighted by Crippen LogP contribution is -2.41. The summed E-state index contributed by atoms with van der Waals surface area (Å²) in [6, 6.07) is 6.69. The first-order chi connectivity index (χ1) is 19.3. The molecule has 1 amide bonds. The number of unbranched alkanes of at least 4 members (excludes halogenated alkanes) is 3. The van der Waals surface area contributed by atoms with Crippen LogP contribution in [-0.4, -0.2) is 46.1 Å². The predicted octanol–water partition coefficient (Wildman–Crippen LogP) is 8.11. The summed E-state index contributed by atoms with van der Waals surface area (Å²) in [5.41, 5.74) is 0.752. The molecule has 1 aliphatic heterocycles. The number of nitrogens with zero attached hydrogens (tertiary/aromatic N) is 3. The number of likely N-dealkylation sites (tertiary alicyclic amines) is 1. The molecular weight excluding hydrogens is 554 g/mol. The summed E-state index contributed by atoms with van der Waals surface area (Å²) >= 11 is 12.0. The molecular formula is C30H35Cl2FN4O3. The molecule has 1 saturated heterocycles. The lowest BCUT2D eigenvalue weighted by atomic mass is 10.1. The monoisotopic (exact) mass is 588 g/mol. The average Bonchev–Trinajstić information content (AvgIpc) is 2.96. The number of benzene rings is 2. The molecule has 7 nitrogen and oxygen atoms in total. The van der Waals surface area contributed by atoms with E-state index in [4.69, 9.17) is 32.7 Å². The fraction of sp³-hybridized carbons (Fsp3) is 0.433. The molecule has 10 heteroatoms. The quantitative estimate of drug-likeness (QED) is 0.131. The highest BCUT2D eigenvalue weighted by Gasteiger charge is 2.25. The maximum atomic E-state index is 14.8. The largest absolute Gasteiger partial charge is 0.487 e. The fourth-order valence-electron chi connectivity index (χ4n) is 4.73. The normalized spacial score (nSPS) is 14.7. The number of hydrogen-bond donors (Lipinski definition) is 1. The van der Waals surface area contributed by atoms with Crippen LogP contribution in [0.2, 0.25) is 10.0 Å². The number of carbonyl (C=O) groups is 1. The summed E-state index contributed by atoms with van der Waals surface area (Å²) in [5, 5.41) is 3.61. The van der Waals surface area contributed by atoms with E-state index in [1.54, 1.807) is 4.90 Å².